The highest BCUT2D eigenvalue weighted by atomic mass is 16.5. The number of hydrogen-bond donors (Lipinski definition) is 0. The highest BCUT2D eigenvalue weighted by Crippen LogP contribution is 2.27. The van der Waals surface area contributed by atoms with Crippen LogP contribution in [-0.2, 0) is 28.8 Å². The molecule has 0 radical (unpaired) electrons. The average Bonchev–Trinajstić information content (AvgIpc) is 2.73. The van der Waals surface area contributed by atoms with E-state index in [0.717, 1.165) is 24.8 Å². The minimum absolute atomic E-state index is 0.201. The number of rotatable bonds is 8. The lowest BCUT2D eigenvalue weighted by molar-refractivity contribution is -0.139. The molecule has 138 valence electrons. The molecule has 0 heterocycles. The number of hydrogen-bond acceptors (Lipinski definition) is 2. The van der Waals surface area contributed by atoms with Gasteiger partial charge in [-0.25, -0.2) is 0 Å². The van der Waals surface area contributed by atoms with Gasteiger partial charge in [-0.3, -0.25) is 4.79 Å². The molecule has 0 aliphatic heterocycles. The van der Waals surface area contributed by atoms with E-state index in [1.165, 1.54) is 23.8 Å². The minimum Gasteiger partial charge on any atom is -0.469 e. The molecule has 0 unspecified atom stereocenters. The zero-order valence-corrected chi connectivity index (χ0v) is 15.8. The molecule has 0 amide bonds. The first-order chi connectivity index (χ1) is 13.2. The van der Waals surface area contributed by atoms with E-state index >= 15 is 0 Å². The van der Waals surface area contributed by atoms with Gasteiger partial charge >= 0.3 is 5.97 Å². The van der Waals surface area contributed by atoms with Gasteiger partial charge in [-0.2, -0.15) is 0 Å². The van der Waals surface area contributed by atoms with Crippen LogP contribution in [0.4, 0.5) is 0 Å². The van der Waals surface area contributed by atoms with Crippen molar-refractivity contribution in [2.24, 2.45) is 0 Å². The van der Waals surface area contributed by atoms with Crippen molar-refractivity contribution in [3.63, 3.8) is 0 Å². The van der Waals surface area contributed by atoms with Crippen LogP contribution in [0.15, 0.2) is 84.9 Å². The molecule has 0 saturated carbocycles. The van der Waals surface area contributed by atoms with Crippen LogP contribution in [0.5, 0.6) is 0 Å². The Morgan fingerprint density at radius 1 is 0.778 bits per heavy atom. The quantitative estimate of drug-likeness (QED) is 0.507. The van der Waals surface area contributed by atoms with Gasteiger partial charge in [0.2, 0.25) is 0 Å². The number of carbonyl (C=O) groups is 1. The summed E-state index contributed by atoms with van der Waals surface area (Å²) in [6.07, 6.45) is 3.49. The lowest BCUT2D eigenvalue weighted by Gasteiger charge is -2.18. The minimum atomic E-state index is -0.201. The Kier molecular flexibility index (Phi) is 6.81. The zero-order chi connectivity index (χ0) is 18.9. The highest BCUT2D eigenvalue weighted by Gasteiger charge is 2.13. The van der Waals surface area contributed by atoms with E-state index < -0.39 is 0 Å². The van der Waals surface area contributed by atoms with Gasteiger partial charge in [0, 0.05) is 0 Å². The van der Waals surface area contributed by atoms with Crippen molar-refractivity contribution in [1.82, 2.24) is 0 Å². The molecule has 0 bridgehead atoms. The molecule has 3 aromatic rings. The number of methoxy groups -OCH3 is 1. The molecule has 0 aliphatic carbocycles. The fourth-order valence-electron chi connectivity index (χ4n) is 3.42. The van der Waals surface area contributed by atoms with E-state index in [9.17, 15) is 4.79 Å². The third-order valence-electron chi connectivity index (χ3n) is 4.98. The van der Waals surface area contributed by atoms with Crippen molar-refractivity contribution >= 4 is 5.97 Å². The molecular weight excluding hydrogens is 332 g/mol. The first kappa shape index (κ1) is 18.9. The Morgan fingerprint density at radius 2 is 1.37 bits per heavy atom. The van der Waals surface area contributed by atoms with Crippen LogP contribution in [-0.4, -0.2) is 13.1 Å². The highest BCUT2D eigenvalue weighted by molar-refractivity contribution is 5.72. The normalized spacial score (nSPS) is 11.7. The summed E-state index contributed by atoms with van der Waals surface area (Å²) in [6.45, 7) is 0. The number of aryl methyl sites for hydroxylation is 1. The summed E-state index contributed by atoms with van der Waals surface area (Å²) in [4.78, 5) is 11.5. The van der Waals surface area contributed by atoms with E-state index in [1.807, 2.05) is 12.1 Å². The summed E-state index contributed by atoms with van der Waals surface area (Å²) >= 11 is 0. The Labute approximate surface area is 161 Å². The van der Waals surface area contributed by atoms with Crippen LogP contribution in [0, 0.1) is 0 Å². The smallest absolute Gasteiger partial charge is 0.309 e. The van der Waals surface area contributed by atoms with Gasteiger partial charge < -0.3 is 4.74 Å². The second-order valence-electron chi connectivity index (χ2n) is 6.91. The van der Waals surface area contributed by atoms with E-state index in [4.69, 9.17) is 4.74 Å². The van der Waals surface area contributed by atoms with Crippen LogP contribution >= 0.6 is 0 Å². The molecule has 3 aromatic carbocycles. The van der Waals surface area contributed by atoms with Crippen molar-refractivity contribution in [1.29, 1.82) is 0 Å². The Bertz CT molecular complexity index is 823. The SMILES string of the molecule is COC(=O)Cc1ccc([C@H](CCc2ccccc2)Cc2ccccc2)cc1. The lowest BCUT2D eigenvalue weighted by atomic mass is 9.86. The molecule has 0 fully saturated rings. The summed E-state index contributed by atoms with van der Waals surface area (Å²) < 4.78 is 4.76. The largest absolute Gasteiger partial charge is 0.469 e. The van der Waals surface area contributed by atoms with Gasteiger partial charge in [0.1, 0.15) is 0 Å². The van der Waals surface area contributed by atoms with Crippen molar-refractivity contribution in [3.05, 3.63) is 107 Å². The Balaban J connectivity index is 1.74. The van der Waals surface area contributed by atoms with E-state index in [-0.39, 0.29) is 5.97 Å². The summed E-state index contributed by atoms with van der Waals surface area (Å²) in [6, 6.07) is 29.7. The third kappa shape index (κ3) is 5.82. The van der Waals surface area contributed by atoms with Crippen LogP contribution in [0.1, 0.15) is 34.6 Å². The van der Waals surface area contributed by atoms with E-state index in [1.54, 1.807) is 0 Å². The Hall–Kier alpha value is -2.87. The van der Waals surface area contributed by atoms with Crippen molar-refractivity contribution < 1.29 is 9.53 Å². The van der Waals surface area contributed by atoms with Crippen LogP contribution < -0.4 is 0 Å². The summed E-state index contributed by atoms with van der Waals surface area (Å²) in [5.41, 5.74) is 5.04. The van der Waals surface area contributed by atoms with Gasteiger partial charge in [0.15, 0.2) is 0 Å². The van der Waals surface area contributed by atoms with Gasteiger partial charge in [0.05, 0.1) is 13.5 Å². The molecule has 1 atom stereocenters. The summed E-state index contributed by atoms with van der Waals surface area (Å²) in [5, 5.41) is 0. The van der Waals surface area contributed by atoms with Gasteiger partial charge in [-0.1, -0.05) is 84.9 Å². The Morgan fingerprint density at radius 3 is 1.96 bits per heavy atom. The first-order valence-electron chi connectivity index (χ1n) is 9.48. The van der Waals surface area contributed by atoms with Crippen molar-refractivity contribution in [2.45, 2.75) is 31.6 Å². The fraction of sp³-hybridized carbons (Fsp3) is 0.240. The van der Waals surface area contributed by atoms with Gasteiger partial charge in [-0.15, -0.1) is 0 Å². The zero-order valence-electron chi connectivity index (χ0n) is 15.8. The predicted octanol–water partition coefficient (Wildman–Crippen LogP) is 5.36. The number of benzene rings is 3. The third-order valence-corrected chi connectivity index (χ3v) is 4.98. The summed E-state index contributed by atoms with van der Waals surface area (Å²) in [5.74, 6) is 0.243. The van der Waals surface area contributed by atoms with Crippen LogP contribution in [0.3, 0.4) is 0 Å². The van der Waals surface area contributed by atoms with Crippen LogP contribution in [0.25, 0.3) is 0 Å². The summed E-state index contributed by atoms with van der Waals surface area (Å²) in [7, 11) is 1.43. The molecular formula is C25H26O2. The maximum absolute atomic E-state index is 11.5. The maximum atomic E-state index is 11.5. The molecule has 0 saturated heterocycles. The fourth-order valence-corrected chi connectivity index (χ4v) is 3.42. The molecule has 2 heteroatoms. The first-order valence-corrected chi connectivity index (χ1v) is 9.48. The van der Waals surface area contributed by atoms with E-state index in [2.05, 4.69) is 72.8 Å². The second kappa shape index (κ2) is 9.72. The molecule has 27 heavy (non-hydrogen) atoms. The second-order valence-corrected chi connectivity index (χ2v) is 6.91. The maximum Gasteiger partial charge on any atom is 0.309 e. The average molecular weight is 358 g/mol. The molecule has 3 rings (SSSR count). The van der Waals surface area contributed by atoms with E-state index in [0.29, 0.717) is 12.3 Å². The number of ether oxygens (including phenoxy) is 1. The lowest BCUT2D eigenvalue weighted by Crippen LogP contribution is -2.07. The molecule has 0 spiro atoms. The van der Waals surface area contributed by atoms with Gasteiger partial charge in [-0.05, 0) is 47.4 Å². The number of carbonyl (C=O) groups excluding carboxylic acids is 1. The van der Waals surface area contributed by atoms with Crippen molar-refractivity contribution in [2.75, 3.05) is 7.11 Å². The standard InChI is InChI=1S/C25H26O2/c1-27-25(26)19-22-13-15-23(16-14-22)24(18-21-10-6-3-7-11-21)17-12-20-8-4-2-5-9-20/h2-11,13-16,24H,12,17-19H2,1H3/t24-/m1/s1. The van der Waals surface area contributed by atoms with Gasteiger partial charge in [0.25, 0.3) is 0 Å². The van der Waals surface area contributed by atoms with Crippen molar-refractivity contribution in [3.8, 4) is 0 Å². The molecule has 0 N–H and O–H groups in total. The molecule has 2 nitrogen and oxygen atoms in total. The number of esters is 1. The monoisotopic (exact) mass is 358 g/mol. The van der Waals surface area contributed by atoms with Crippen LogP contribution in [0.2, 0.25) is 0 Å². The topological polar surface area (TPSA) is 26.3 Å². The molecule has 0 aliphatic rings. The predicted molar refractivity (Wildman–Crippen MR) is 110 cm³/mol. The molecule has 0 aromatic heterocycles.